The lowest BCUT2D eigenvalue weighted by Crippen LogP contribution is -2.05. The van der Waals surface area contributed by atoms with Gasteiger partial charge >= 0.3 is 0 Å². The summed E-state index contributed by atoms with van der Waals surface area (Å²) in [5, 5.41) is 0. The molecule has 0 aliphatic heterocycles. The molecule has 17 heavy (non-hydrogen) atoms. The molecule has 0 aliphatic carbocycles. The van der Waals surface area contributed by atoms with Crippen molar-refractivity contribution in [3.63, 3.8) is 0 Å². The predicted octanol–water partition coefficient (Wildman–Crippen LogP) is 2.41. The van der Waals surface area contributed by atoms with Crippen LogP contribution in [0.5, 0.6) is 0 Å². The third-order valence-corrected chi connectivity index (χ3v) is 4.38. The minimum Gasteiger partial charge on any atom is -0.398 e. The van der Waals surface area contributed by atoms with Gasteiger partial charge in [-0.2, -0.15) is 0 Å². The van der Waals surface area contributed by atoms with E-state index in [9.17, 15) is 8.42 Å². The maximum Gasteiger partial charge on any atom is 0.208 e. The number of benzene rings is 2. The molecule has 4 heteroatoms. The van der Waals surface area contributed by atoms with E-state index in [0.717, 1.165) is 5.56 Å². The minimum atomic E-state index is -3.51. The number of hydrogen-bond acceptors (Lipinski definition) is 3. The Morgan fingerprint density at radius 2 is 1.53 bits per heavy atom. The van der Waals surface area contributed by atoms with Gasteiger partial charge in [0.2, 0.25) is 9.84 Å². The molecule has 0 atom stereocenters. The smallest absolute Gasteiger partial charge is 0.208 e. The average molecular weight is 247 g/mol. The lowest BCUT2D eigenvalue weighted by atomic mass is 10.2. The highest BCUT2D eigenvalue weighted by atomic mass is 32.2. The molecule has 0 spiro atoms. The predicted molar refractivity (Wildman–Crippen MR) is 67.5 cm³/mol. The van der Waals surface area contributed by atoms with E-state index in [1.54, 1.807) is 42.5 Å². The molecule has 2 aromatic carbocycles. The molecule has 0 amide bonds. The van der Waals surface area contributed by atoms with Crippen LogP contribution in [0.4, 0.5) is 5.69 Å². The number of rotatable bonds is 2. The van der Waals surface area contributed by atoms with Crippen LogP contribution in [-0.2, 0) is 9.84 Å². The number of nitrogens with two attached hydrogens (primary N) is 1. The third-order valence-electron chi connectivity index (χ3n) is 2.54. The summed E-state index contributed by atoms with van der Waals surface area (Å²) in [6.45, 7) is 1.91. The summed E-state index contributed by atoms with van der Waals surface area (Å²) < 4.78 is 24.6. The maximum atomic E-state index is 12.3. The van der Waals surface area contributed by atoms with Crippen LogP contribution in [0, 0.1) is 6.92 Å². The van der Waals surface area contributed by atoms with Crippen molar-refractivity contribution in [3.05, 3.63) is 54.1 Å². The number of nitrogen functional groups attached to an aromatic ring is 1. The zero-order chi connectivity index (χ0) is 12.5. The van der Waals surface area contributed by atoms with Gasteiger partial charge in [-0.15, -0.1) is 0 Å². The van der Waals surface area contributed by atoms with Gasteiger partial charge in [0.15, 0.2) is 0 Å². The Hall–Kier alpha value is -1.81. The van der Waals surface area contributed by atoms with Crippen molar-refractivity contribution in [2.75, 3.05) is 5.73 Å². The van der Waals surface area contributed by atoms with E-state index >= 15 is 0 Å². The van der Waals surface area contributed by atoms with Gasteiger partial charge in [0.05, 0.1) is 15.5 Å². The van der Waals surface area contributed by atoms with E-state index in [1.807, 2.05) is 6.92 Å². The van der Waals surface area contributed by atoms with Crippen LogP contribution in [0.3, 0.4) is 0 Å². The third kappa shape index (κ3) is 2.17. The van der Waals surface area contributed by atoms with Crippen LogP contribution in [0.25, 0.3) is 0 Å². The fraction of sp³-hybridized carbons (Fsp3) is 0.0769. The molecule has 0 radical (unpaired) electrons. The number of hydrogen-bond donors (Lipinski definition) is 1. The summed E-state index contributed by atoms with van der Waals surface area (Å²) in [7, 11) is -3.51. The number of para-hydroxylation sites is 1. The molecule has 0 bridgehead atoms. The number of anilines is 1. The Morgan fingerprint density at radius 3 is 2.12 bits per heavy atom. The van der Waals surface area contributed by atoms with Crippen LogP contribution >= 0.6 is 0 Å². The van der Waals surface area contributed by atoms with E-state index in [4.69, 9.17) is 5.73 Å². The van der Waals surface area contributed by atoms with Gasteiger partial charge in [0.1, 0.15) is 0 Å². The molecule has 0 heterocycles. The molecule has 0 unspecified atom stereocenters. The highest BCUT2D eigenvalue weighted by Gasteiger charge is 2.19. The van der Waals surface area contributed by atoms with E-state index in [-0.39, 0.29) is 15.5 Å². The number of aryl methyl sites for hydroxylation is 1. The zero-order valence-corrected chi connectivity index (χ0v) is 10.2. The highest BCUT2D eigenvalue weighted by molar-refractivity contribution is 7.91. The fourth-order valence-corrected chi connectivity index (χ4v) is 2.95. The van der Waals surface area contributed by atoms with Crippen LogP contribution in [0.1, 0.15) is 5.56 Å². The summed E-state index contributed by atoms with van der Waals surface area (Å²) >= 11 is 0. The van der Waals surface area contributed by atoms with Crippen molar-refractivity contribution in [1.82, 2.24) is 0 Å². The first-order valence-electron chi connectivity index (χ1n) is 5.18. The summed E-state index contributed by atoms with van der Waals surface area (Å²) in [6.07, 6.45) is 0. The van der Waals surface area contributed by atoms with Gasteiger partial charge in [0.25, 0.3) is 0 Å². The molecule has 88 valence electrons. The van der Waals surface area contributed by atoms with Gasteiger partial charge in [-0.1, -0.05) is 29.8 Å². The quantitative estimate of drug-likeness (QED) is 0.829. The summed E-state index contributed by atoms with van der Waals surface area (Å²) in [5.74, 6) is 0. The second-order valence-corrected chi connectivity index (χ2v) is 5.77. The molecule has 0 saturated heterocycles. The highest BCUT2D eigenvalue weighted by Crippen LogP contribution is 2.25. The summed E-state index contributed by atoms with van der Waals surface area (Å²) in [5.41, 5.74) is 6.98. The zero-order valence-electron chi connectivity index (χ0n) is 9.42. The number of sulfone groups is 1. The second-order valence-electron chi connectivity index (χ2n) is 3.85. The Kier molecular flexibility index (Phi) is 2.90. The normalized spacial score (nSPS) is 11.4. The van der Waals surface area contributed by atoms with Crippen LogP contribution in [-0.4, -0.2) is 8.42 Å². The van der Waals surface area contributed by atoms with Crippen LogP contribution < -0.4 is 5.73 Å². The van der Waals surface area contributed by atoms with Gasteiger partial charge in [-0.05, 0) is 31.2 Å². The largest absolute Gasteiger partial charge is 0.398 e. The van der Waals surface area contributed by atoms with Gasteiger partial charge in [0, 0.05) is 0 Å². The molecular weight excluding hydrogens is 234 g/mol. The van der Waals surface area contributed by atoms with Crippen LogP contribution in [0.2, 0.25) is 0 Å². The molecule has 2 rings (SSSR count). The SMILES string of the molecule is Cc1ccc(S(=O)(=O)c2ccccc2N)cc1. The molecule has 0 aromatic heterocycles. The van der Waals surface area contributed by atoms with Gasteiger partial charge in [-0.25, -0.2) is 8.42 Å². The maximum absolute atomic E-state index is 12.3. The first kappa shape index (κ1) is 11.7. The molecular formula is C13H13NO2S. The summed E-state index contributed by atoms with van der Waals surface area (Å²) in [4.78, 5) is 0.421. The Balaban J connectivity index is 2.58. The van der Waals surface area contributed by atoms with E-state index in [0.29, 0.717) is 0 Å². The van der Waals surface area contributed by atoms with Crippen molar-refractivity contribution < 1.29 is 8.42 Å². The van der Waals surface area contributed by atoms with Crippen molar-refractivity contribution >= 4 is 15.5 Å². The Labute approximate surface area is 101 Å². The molecule has 3 nitrogen and oxygen atoms in total. The van der Waals surface area contributed by atoms with E-state index in [2.05, 4.69) is 0 Å². The lowest BCUT2D eigenvalue weighted by molar-refractivity contribution is 0.596. The van der Waals surface area contributed by atoms with Crippen molar-refractivity contribution in [3.8, 4) is 0 Å². The van der Waals surface area contributed by atoms with Crippen LogP contribution in [0.15, 0.2) is 58.3 Å². The minimum absolute atomic E-state index is 0.156. The lowest BCUT2D eigenvalue weighted by Gasteiger charge is -2.07. The molecule has 0 aliphatic rings. The average Bonchev–Trinajstić information content (AvgIpc) is 2.30. The second kappa shape index (κ2) is 4.22. The molecule has 2 N–H and O–H groups in total. The molecule has 0 fully saturated rings. The first-order valence-corrected chi connectivity index (χ1v) is 6.66. The monoisotopic (exact) mass is 247 g/mol. The summed E-state index contributed by atoms with van der Waals surface area (Å²) in [6, 6.07) is 13.2. The van der Waals surface area contributed by atoms with Crippen molar-refractivity contribution in [1.29, 1.82) is 0 Å². The standard InChI is InChI=1S/C13H13NO2S/c1-10-6-8-11(9-7-10)17(15,16)13-5-3-2-4-12(13)14/h2-9H,14H2,1H3. The van der Waals surface area contributed by atoms with E-state index < -0.39 is 9.84 Å². The van der Waals surface area contributed by atoms with Gasteiger partial charge in [-0.3, -0.25) is 0 Å². The van der Waals surface area contributed by atoms with E-state index in [1.165, 1.54) is 6.07 Å². The molecule has 2 aromatic rings. The van der Waals surface area contributed by atoms with Gasteiger partial charge < -0.3 is 5.73 Å². The fourth-order valence-electron chi connectivity index (χ4n) is 1.57. The van der Waals surface area contributed by atoms with Crippen molar-refractivity contribution in [2.24, 2.45) is 0 Å². The van der Waals surface area contributed by atoms with Crippen molar-refractivity contribution in [2.45, 2.75) is 16.7 Å². The Bertz CT molecular complexity index is 631. The Morgan fingerprint density at radius 1 is 0.941 bits per heavy atom. The molecule has 0 saturated carbocycles. The topological polar surface area (TPSA) is 60.2 Å². The first-order chi connectivity index (χ1) is 8.01.